The lowest BCUT2D eigenvalue weighted by atomic mass is 9.94. The minimum atomic E-state index is -0.981. The number of rotatable bonds is 10. The summed E-state index contributed by atoms with van der Waals surface area (Å²) in [7, 11) is 0. The summed E-state index contributed by atoms with van der Waals surface area (Å²) in [4.78, 5) is 28.6. The third-order valence-electron chi connectivity index (χ3n) is 7.47. The third kappa shape index (κ3) is 5.94. The maximum Gasteiger partial charge on any atom is 0.301 e. The number of aliphatic hydroxyl groups excluding tert-OH is 1. The molecule has 0 radical (unpaired) electrons. The van der Waals surface area contributed by atoms with E-state index >= 15 is 0 Å². The van der Waals surface area contributed by atoms with Gasteiger partial charge in [-0.2, -0.15) is 0 Å². The van der Waals surface area contributed by atoms with E-state index in [-0.39, 0.29) is 28.4 Å². The zero-order valence-corrected chi connectivity index (χ0v) is 25.8. The summed E-state index contributed by atoms with van der Waals surface area (Å²) >= 11 is 2.41. The minimum Gasteiger partial charge on any atom is -0.507 e. The fourth-order valence-corrected chi connectivity index (χ4v) is 7.15. The number of aliphatic hydroxyl groups is 1. The number of anilines is 1. The fourth-order valence-electron chi connectivity index (χ4n) is 5.29. The molecule has 0 unspecified atom stereocenters. The van der Waals surface area contributed by atoms with Crippen LogP contribution in [0.15, 0.2) is 76.6 Å². The van der Waals surface area contributed by atoms with E-state index in [4.69, 9.17) is 9.47 Å². The number of Topliss-reactive ketones (excluding diaryl/α,β-unsaturated/α-hetero) is 1. The molecule has 0 bridgehead atoms. The van der Waals surface area contributed by atoms with Gasteiger partial charge in [0.1, 0.15) is 29.2 Å². The first kappa shape index (κ1) is 29.8. The van der Waals surface area contributed by atoms with Crippen molar-refractivity contribution in [3.05, 3.63) is 100 Å². The van der Waals surface area contributed by atoms with Gasteiger partial charge in [0, 0.05) is 17.7 Å². The topological polar surface area (TPSA) is 102 Å². The van der Waals surface area contributed by atoms with Gasteiger partial charge in [-0.15, -0.1) is 10.2 Å². The number of carbonyl (C=O) groups is 2. The fraction of sp³-hybridized carbons (Fsp3) is 0.273. The molecule has 1 N–H and O–H groups in total. The van der Waals surface area contributed by atoms with E-state index in [1.165, 1.54) is 22.7 Å². The molecule has 2 aliphatic rings. The second kappa shape index (κ2) is 12.8. The normalized spacial score (nSPS) is 18.8. The molecule has 11 heteroatoms. The van der Waals surface area contributed by atoms with Gasteiger partial charge in [-0.1, -0.05) is 66.8 Å². The number of benzene rings is 3. The van der Waals surface area contributed by atoms with Gasteiger partial charge in [-0.05, 0) is 66.4 Å². The van der Waals surface area contributed by atoms with Crippen LogP contribution >= 0.6 is 23.1 Å². The van der Waals surface area contributed by atoms with Crippen molar-refractivity contribution in [1.82, 2.24) is 10.2 Å². The highest BCUT2D eigenvalue weighted by atomic mass is 32.2. The first-order chi connectivity index (χ1) is 21.3. The molecule has 3 aromatic carbocycles. The van der Waals surface area contributed by atoms with Crippen LogP contribution in [0.3, 0.4) is 0 Å². The van der Waals surface area contributed by atoms with Crippen molar-refractivity contribution in [2.75, 3.05) is 11.5 Å². The van der Waals surface area contributed by atoms with E-state index in [2.05, 4.69) is 17.1 Å². The monoisotopic (exact) mass is 631 g/mol. The number of hydrogen-bond donors (Lipinski definition) is 1. The Labute approximate surface area is 262 Å². The molecule has 1 saturated heterocycles. The van der Waals surface area contributed by atoms with Gasteiger partial charge in [0.2, 0.25) is 5.13 Å². The molecule has 1 amide bonds. The smallest absolute Gasteiger partial charge is 0.301 e. The van der Waals surface area contributed by atoms with Crippen LogP contribution in [0.25, 0.3) is 5.76 Å². The van der Waals surface area contributed by atoms with E-state index < -0.39 is 17.7 Å². The summed E-state index contributed by atoms with van der Waals surface area (Å²) in [6, 6.07) is 17.9. The summed E-state index contributed by atoms with van der Waals surface area (Å²) in [5.74, 6) is -0.611. The lowest BCUT2D eigenvalue weighted by Crippen LogP contribution is -2.29. The quantitative estimate of drug-likeness (QED) is 0.0494. The van der Waals surface area contributed by atoms with E-state index in [1.807, 2.05) is 13.0 Å². The van der Waals surface area contributed by atoms with Crippen molar-refractivity contribution >= 4 is 45.7 Å². The van der Waals surface area contributed by atoms with Crippen LogP contribution in [0.1, 0.15) is 55.0 Å². The Balaban J connectivity index is 1.39. The number of carbonyl (C=O) groups excluding carboxylic acids is 2. The zero-order valence-electron chi connectivity index (χ0n) is 24.2. The van der Waals surface area contributed by atoms with E-state index in [1.54, 1.807) is 54.6 Å². The van der Waals surface area contributed by atoms with Gasteiger partial charge in [-0.25, -0.2) is 4.39 Å². The Hall–Kier alpha value is -4.22. The number of hydrogen-bond acceptors (Lipinski definition) is 9. The zero-order chi connectivity index (χ0) is 30.8. The van der Waals surface area contributed by atoms with Gasteiger partial charge < -0.3 is 14.6 Å². The average Bonchev–Trinajstić information content (AvgIpc) is 3.71. The van der Waals surface area contributed by atoms with Crippen LogP contribution in [-0.2, 0) is 21.8 Å². The lowest BCUT2D eigenvalue weighted by molar-refractivity contribution is -0.132. The van der Waals surface area contributed by atoms with Crippen LogP contribution in [0.5, 0.6) is 11.5 Å². The number of nitrogens with zero attached hydrogens (tertiary/aromatic N) is 3. The van der Waals surface area contributed by atoms with E-state index in [0.29, 0.717) is 45.6 Å². The number of thioether (sulfide) groups is 1. The van der Waals surface area contributed by atoms with Crippen molar-refractivity contribution in [3.8, 4) is 11.5 Å². The van der Waals surface area contributed by atoms with Crippen LogP contribution < -0.4 is 14.4 Å². The van der Waals surface area contributed by atoms with E-state index in [9.17, 15) is 19.1 Å². The Bertz CT molecular complexity index is 1760. The first-order valence-electron chi connectivity index (χ1n) is 14.4. The van der Waals surface area contributed by atoms with Gasteiger partial charge in [0.15, 0.2) is 4.34 Å². The Morgan fingerprint density at radius 2 is 1.98 bits per heavy atom. The Morgan fingerprint density at radius 3 is 2.80 bits per heavy atom. The van der Waals surface area contributed by atoms with Gasteiger partial charge >= 0.3 is 5.91 Å². The van der Waals surface area contributed by atoms with Gasteiger partial charge in [0.05, 0.1) is 18.2 Å². The highest BCUT2D eigenvalue weighted by Crippen LogP contribution is 2.45. The summed E-state index contributed by atoms with van der Waals surface area (Å²) < 4.78 is 26.4. The highest BCUT2D eigenvalue weighted by Gasteiger charge is 2.48. The minimum absolute atomic E-state index is 0.00581. The van der Waals surface area contributed by atoms with Crippen LogP contribution in [0.4, 0.5) is 9.52 Å². The summed E-state index contributed by atoms with van der Waals surface area (Å²) in [6.07, 6.45) is 2.52. The summed E-state index contributed by atoms with van der Waals surface area (Å²) in [5, 5.41) is 20.3. The molecule has 2 aliphatic heterocycles. The van der Waals surface area contributed by atoms with Gasteiger partial charge in [-0.3, -0.25) is 14.5 Å². The van der Waals surface area contributed by atoms with Crippen molar-refractivity contribution < 1.29 is 28.6 Å². The third-order valence-corrected chi connectivity index (χ3v) is 9.57. The summed E-state index contributed by atoms with van der Waals surface area (Å²) in [5.41, 5.74) is 2.37. The maximum absolute atomic E-state index is 14.2. The number of aromatic nitrogens is 2. The molecule has 2 atom stereocenters. The molecule has 4 aromatic rings. The molecule has 44 heavy (non-hydrogen) atoms. The maximum atomic E-state index is 14.2. The van der Waals surface area contributed by atoms with Crippen LogP contribution in [0.2, 0.25) is 0 Å². The average molecular weight is 632 g/mol. The molecule has 3 heterocycles. The largest absolute Gasteiger partial charge is 0.507 e. The second-order valence-corrected chi connectivity index (χ2v) is 12.8. The molecule has 0 saturated carbocycles. The summed E-state index contributed by atoms with van der Waals surface area (Å²) in [6.45, 7) is 4.56. The highest BCUT2D eigenvalue weighted by molar-refractivity contribution is 8.00. The van der Waals surface area contributed by atoms with Crippen molar-refractivity contribution in [1.29, 1.82) is 0 Å². The molecule has 6 rings (SSSR count). The first-order valence-corrected chi connectivity index (χ1v) is 16.2. The number of ketones is 1. The number of halogens is 1. The van der Waals surface area contributed by atoms with Crippen LogP contribution in [-0.4, -0.2) is 39.7 Å². The van der Waals surface area contributed by atoms with Crippen LogP contribution in [0, 0.1) is 5.82 Å². The molecule has 0 spiro atoms. The predicted molar refractivity (Wildman–Crippen MR) is 168 cm³/mol. The Morgan fingerprint density at radius 1 is 1.14 bits per heavy atom. The molecular weight excluding hydrogens is 602 g/mol. The molecule has 1 fully saturated rings. The van der Waals surface area contributed by atoms with Crippen molar-refractivity contribution in [2.45, 2.75) is 55.3 Å². The molecule has 0 aliphatic carbocycles. The predicted octanol–water partition coefficient (Wildman–Crippen LogP) is 7.10. The lowest BCUT2D eigenvalue weighted by Gasteiger charge is -2.23. The van der Waals surface area contributed by atoms with Crippen molar-refractivity contribution in [2.24, 2.45) is 0 Å². The number of fused-ring (bicyclic) bond motifs is 1. The SMILES string of the molecule is CCCCOc1cccc([C@@H]2/C(=C(\O)c3ccc4c(c3)C[C@@H](C)O4)C(=O)C(=O)N2c2nnc(SCc3ccccc3F)s2)c1. The van der Waals surface area contributed by atoms with E-state index in [0.717, 1.165) is 35.5 Å². The second-order valence-electron chi connectivity index (χ2n) is 10.6. The Kier molecular flexibility index (Phi) is 8.67. The molecule has 8 nitrogen and oxygen atoms in total. The molecule has 226 valence electrons. The number of amides is 1. The van der Waals surface area contributed by atoms with Gasteiger partial charge in [0.25, 0.3) is 5.78 Å². The molecular formula is C33H30FN3O5S2. The molecule has 1 aromatic heterocycles. The van der Waals surface area contributed by atoms with Crippen molar-refractivity contribution in [3.63, 3.8) is 0 Å². The number of unbranched alkanes of at least 4 members (excludes halogenated alkanes) is 1. The standard InChI is InChI=1S/C33H30FN3O5S2/c1-3-4-14-41-24-10-7-9-20(17-24)28-27(29(38)21-12-13-26-23(16-21)15-19(2)42-26)30(39)31(40)37(28)32-35-36-33(44-32)43-18-22-8-5-6-11-25(22)34/h5-13,16-17,19,28,38H,3-4,14-15,18H2,1-2H3/b29-27+/t19-,28-/m1/s1. The number of ether oxygens (including phenoxy) is 2.